The van der Waals surface area contributed by atoms with Crippen molar-refractivity contribution in [2.75, 3.05) is 20.1 Å². The molecule has 1 aliphatic heterocycles. The highest BCUT2D eigenvalue weighted by molar-refractivity contribution is 5.98. The summed E-state index contributed by atoms with van der Waals surface area (Å²) in [4.78, 5) is 41.0. The van der Waals surface area contributed by atoms with Crippen LogP contribution in [0.4, 0.5) is 0 Å². The molecule has 2 aliphatic rings. The van der Waals surface area contributed by atoms with E-state index in [1.54, 1.807) is 18.0 Å². The number of nitrogens with two attached hydrogens (primary N) is 1. The predicted molar refractivity (Wildman–Crippen MR) is 148 cm³/mol. The van der Waals surface area contributed by atoms with Gasteiger partial charge < -0.3 is 26.6 Å². The second-order valence-electron chi connectivity index (χ2n) is 10.6. The van der Waals surface area contributed by atoms with Crippen molar-refractivity contribution in [3.05, 3.63) is 82.7 Å². The molecule has 1 heterocycles. The van der Waals surface area contributed by atoms with Crippen molar-refractivity contribution in [3.8, 4) is 0 Å². The number of nitrogens with one attached hydrogen (secondary N) is 3. The van der Waals surface area contributed by atoms with Gasteiger partial charge in [0.15, 0.2) is 0 Å². The molecule has 202 valence electrons. The van der Waals surface area contributed by atoms with Crippen LogP contribution in [0.15, 0.2) is 54.9 Å². The lowest BCUT2D eigenvalue weighted by molar-refractivity contribution is -0.132. The Morgan fingerprint density at radius 3 is 2.58 bits per heavy atom. The molecule has 0 bridgehead atoms. The van der Waals surface area contributed by atoms with Crippen molar-refractivity contribution in [2.24, 2.45) is 5.73 Å². The minimum Gasteiger partial charge on any atom is -0.358 e. The first-order chi connectivity index (χ1) is 18.2. The normalized spacial score (nSPS) is 18.9. The van der Waals surface area contributed by atoms with Crippen molar-refractivity contribution in [2.45, 2.75) is 63.5 Å². The van der Waals surface area contributed by atoms with Crippen LogP contribution in [0, 0.1) is 6.92 Å². The Morgan fingerprint density at radius 1 is 1.13 bits per heavy atom. The highest BCUT2D eigenvalue weighted by Gasteiger charge is 2.45. The van der Waals surface area contributed by atoms with Gasteiger partial charge in [-0.3, -0.25) is 14.4 Å². The van der Waals surface area contributed by atoms with Gasteiger partial charge in [0.1, 0.15) is 11.6 Å². The minimum atomic E-state index is -0.679. The van der Waals surface area contributed by atoms with Gasteiger partial charge in [-0.25, -0.2) is 0 Å². The van der Waals surface area contributed by atoms with Gasteiger partial charge in [-0.15, -0.1) is 0 Å². The van der Waals surface area contributed by atoms with Crippen LogP contribution in [0.3, 0.4) is 0 Å². The van der Waals surface area contributed by atoms with Crippen LogP contribution in [0.5, 0.6) is 0 Å². The van der Waals surface area contributed by atoms with Crippen LogP contribution in [0.1, 0.15) is 58.3 Å². The highest BCUT2D eigenvalue weighted by Crippen LogP contribution is 2.32. The van der Waals surface area contributed by atoms with Gasteiger partial charge in [-0.1, -0.05) is 48.9 Å². The molecule has 1 fully saturated rings. The molecule has 2 atom stereocenters. The topological polar surface area (TPSA) is 117 Å². The van der Waals surface area contributed by atoms with Crippen LogP contribution < -0.4 is 21.7 Å². The first kappa shape index (κ1) is 27.4. The van der Waals surface area contributed by atoms with E-state index >= 15 is 0 Å². The number of unbranched alkanes of at least 4 members (excludes halogenated alkanes) is 2. The van der Waals surface area contributed by atoms with E-state index in [0.717, 1.165) is 41.5 Å². The summed E-state index contributed by atoms with van der Waals surface area (Å²) in [6.45, 7) is 7.11. The highest BCUT2D eigenvalue weighted by atomic mass is 16.2. The van der Waals surface area contributed by atoms with Crippen LogP contribution in [0.25, 0.3) is 0 Å². The van der Waals surface area contributed by atoms with E-state index < -0.39 is 11.6 Å². The lowest BCUT2D eigenvalue weighted by Gasteiger charge is -2.32. The quantitative estimate of drug-likeness (QED) is 0.361. The Bertz CT molecular complexity index is 1210. The Labute approximate surface area is 225 Å². The van der Waals surface area contributed by atoms with Gasteiger partial charge in [-0.05, 0) is 68.0 Å². The molecule has 1 unspecified atom stereocenters. The smallest absolute Gasteiger partial charge is 0.251 e. The maximum absolute atomic E-state index is 13.4. The first-order valence-electron chi connectivity index (χ1n) is 13.4. The van der Waals surface area contributed by atoms with Crippen molar-refractivity contribution >= 4 is 17.7 Å². The maximum Gasteiger partial charge on any atom is 0.251 e. The van der Waals surface area contributed by atoms with Gasteiger partial charge in [0.25, 0.3) is 11.8 Å². The molecule has 8 nitrogen and oxygen atoms in total. The molecule has 1 aliphatic carbocycles. The number of carbonyl (C=O) groups is 3. The lowest BCUT2D eigenvalue weighted by atomic mass is 9.77. The molecule has 0 aromatic heterocycles. The number of hydrogen-bond acceptors (Lipinski definition) is 5. The molecule has 4 rings (SSSR count). The van der Waals surface area contributed by atoms with Crippen LogP contribution in [0.2, 0.25) is 0 Å². The number of rotatable bonds is 10. The summed E-state index contributed by atoms with van der Waals surface area (Å²) in [5.74, 6) is 0.0907. The summed E-state index contributed by atoms with van der Waals surface area (Å²) in [7, 11) is 1.79. The zero-order chi connectivity index (χ0) is 27.3. The molecule has 0 radical (unpaired) electrons. The molecule has 2 aromatic rings. The number of aryl methyl sites for hydroxylation is 2. The number of amides is 3. The standard InChI is InChI=1S/C30H39N5O3/c1-20-7-9-22(10-8-20)17-26(28(37)35(3)16-6-4-5-15-31)33-27(36)24-11-12-25-19-30(14-13-23(25)18-24)29(38)32-21(2)34-30/h7-12,18,26,34H,2,4-6,13-17,19,31H2,1,3H3,(H,32,38)(H,33,36)/t26-,30?/m1/s1. The van der Waals surface area contributed by atoms with E-state index in [4.69, 9.17) is 5.73 Å². The van der Waals surface area contributed by atoms with Gasteiger partial charge in [-0.2, -0.15) is 0 Å². The van der Waals surface area contributed by atoms with Crippen molar-refractivity contribution < 1.29 is 14.4 Å². The van der Waals surface area contributed by atoms with Crippen molar-refractivity contribution in [3.63, 3.8) is 0 Å². The summed E-state index contributed by atoms with van der Waals surface area (Å²) in [5, 5.41) is 8.99. The van der Waals surface area contributed by atoms with Crippen LogP contribution in [-0.4, -0.2) is 54.3 Å². The summed E-state index contributed by atoms with van der Waals surface area (Å²) in [5.41, 5.74) is 9.65. The zero-order valence-corrected chi connectivity index (χ0v) is 22.4. The third kappa shape index (κ3) is 6.25. The summed E-state index contributed by atoms with van der Waals surface area (Å²) in [6.07, 6.45) is 5.01. The number of carbonyl (C=O) groups excluding carboxylic acids is 3. The second kappa shape index (κ2) is 11.8. The number of hydrogen-bond donors (Lipinski definition) is 4. The summed E-state index contributed by atoms with van der Waals surface area (Å²) >= 11 is 0. The Kier molecular flexibility index (Phi) is 8.52. The Morgan fingerprint density at radius 2 is 1.89 bits per heavy atom. The molecule has 3 amide bonds. The van der Waals surface area contributed by atoms with Crippen LogP contribution in [-0.2, 0) is 28.9 Å². The third-order valence-electron chi connectivity index (χ3n) is 7.61. The molecule has 5 N–H and O–H groups in total. The van der Waals surface area contributed by atoms with Gasteiger partial charge in [0, 0.05) is 32.0 Å². The van der Waals surface area contributed by atoms with E-state index in [-0.39, 0.29) is 17.7 Å². The van der Waals surface area contributed by atoms with Gasteiger partial charge >= 0.3 is 0 Å². The maximum atomic E-state index is 13.4. The number of likely N-dealkylation sites (N-methyl/N-ethyl adjacent to an activating group) is 1. The van der Waals surface area contributed by atoms with Gasteiger partial charge in [0.05, 0.1) is 5.82 Å². The van der Waals surface area contributed by atoms with E-state index in [9.17, 15) is 14.4 Å². The lowest BCUT2D eigenvalue weighted by Crippen LogP contribution is -2.50. The molecular formula is C30H39N5O3. The number of benzene rings is 2. The molecule has 1 spiro atoms. The van der Waals surface area contributed by atoms with E-state index in [1.807, 2.05) is 43.3 Å². The fraction of sp³-hybridized carbons (Fsp3) is 0.433. The second-order valence-corrected chi connectivity index (χ2v) is 10.6. The van der Waals surface area contributed by atoms with Crippen LogP contribution >= 0.6 is 0 Å². The average molecular weight is 518 g/mol. The van der Waals surface area contributed by atoms with Crippen molar-refractivity contribution in [1.29, 1.82) is 0 Å². The third-order valence-corrected chi connectivity index (χ3v) is 7.61. The first-order valence-corrected chi connectivity index (χ1v) is 13.4. The summed E-state index contributed by atoms with van der Waals surface area (Å²) < 4.78 is 0. The fourth-order valence-electron chi connectivity index (χ4n) is 5.32. The number of fused-ring (bicyclic) bond motifs is 1. The SMILES string of the molecule is C=C1NC(=O)C2(CCc3cc(C(=O)N[C@H](Cc4ccc(C)cc4)C(=O)N(C)CCCCCN)ccc3C2)N1. The molecule has 1 saturated heterocycles. The van der Waals surface area contributed by atoms with Crippen molar-refractivity contribution in [1.82, 2.24) is 20.9 Å². The van der Waals surface area contributed by atoms with Gasteiger partial charge in [0.2, 0.25) is 5.91 Å². The summed E-state index contributed by atoms with van der Waals surface area (Å²) in [6, 6.07) is 12.9. The molecule has 2 aromatic carbocycles. The predicted octanol–water partition coefficient (Wildman–Crippen LogP) is 2.34. The largest absolute Gasteiger partial charge is 0.358 e. The minimum absolute atomic E-state index is 0.0559. The van der Waals surface area contributed by atoms with E-state index in [2.05, 4.69) is 22.5 Å². The molecule has 8 heteroatoms. The zero-order valence-electron chi connectivity index (χ0n) is 22.4. The van der Waals surface area contributed by atoms with E-state index in [1.165, 1.54) is 0 Å². The Balaban J connectivity index is 1.48. The molecule has 38 heavy (non-hydrogen) atoms. The fourth-order valence-corrected chi connectivity index (χ4v) is 5.32. The molecular weight excluding hydrogens is 478 g/mol. The molecule has 0 saturated carbocycles. The number of nitrogens with zero attached hydrogens (tertiary/aromatic N) is 1. The Hall–Kier alpha value is -3.65. The van der Waals surface area contributed by atoms with E-state index in [0.29, 0.717) is 50.2 Å². The monoisotopic (exact) mass is 517 g/mol. The average Bonchev–Trinajstić information content (AvgIpc) is 3.17.